The number of allylic oxidation sites excluding steroid dienone is 1. The molecule has 0 spiro atoms. The summed E-state index contributed by atoms with van der Waals surface area (Å²) in [4.78, 5) is 17.4. The molecule has 0 aliphatic heterocycles. The molecule has 4 nitrogen and oxygen atoms in total. The molecule has 0 fully saturated rings. The molecule has 0 radical (unpaired) electrons. The Hall–Kier alpha value is -1.13. The summed E-state index contributed by atoms with van der Waals surface area (Å²) in [6.07, 6.45) is 5.48. The molecule has 116 valence electrons. The van der Waals surface area contributed by atoms with E-state index >= 15 is 0 Å². The zero-order valence-corrected chi connectivity index (χ0v) is 13.7. The van der Waals surface area contributed by atoms with Crippen LogP contribution < -0.4 is 0 Å². The van der Waals surface area contributed by atoms with E-state index in [0.29, 0.717) is 5.92 Å². The van der Waals surface area contributed by atoms with Crippen LogP contribution >= 0.6 is 0 Å². The van der Waals surface area contributed by atoms with Gasteiger partial charge in [-0.1, -0.05) is 31.6 Å². The van der Waals surface area contributed by atoms with Gasteiger partial charge in [0, 0.05) is 14.2 Å². The molecule has 0 aromatic carbocycles. The van der Waals surface area contributed by atoms with Gasteiger partial charge in [-0.3, -0.25) is 9.63 Å². The second-order valence-electron chi connectivity index (χ2n) is 5.35. The van der Waals surface area contributed by atoms with Crippen LogP contribution in [0.5, 0.6) is 0 Å². The lowest BCUT2D eigenvalue weighted by Crippen LogP contribution is -2.39. The molecule has 20 heavy (non-hydrogen) atoms. The fourth-order valence-electron chi connectivity index (χ4n) is 2.02. The van der Waals surface area contributed by atoms with Gasteiger partial charge < -0.3 is 4.74 Å². The lowest BCUT2D eigenvalue weighted by Gasteiger charge is -2.27. The molecular weight excluding hydrogens is 254 g/mol. The van der Waals surface area contributed by atoms with Crippen molar-refractivity contribution in [2.24, 2.45) is 11.8 Å². The minimum Gasteiger partial charge on any atom is -0.376 e. The van der Waals surface area contributed by atoms with Crippen molar-refractivity contribution in [2.75, 3.05) is 21.3 Å². The maximum atomic E-state index is 12.4. The van der Waals surface area contributed by atoms with Crippen LogP contribution in [0.25, 0.3) is 0 Å². The third-order valence-corrected chi connectivity index (χ3v) is 3.38. The number of hydrogen-bond acceptors (Lipinski definition) is 3. The van der Waals surface area contributed by atoms with Crippen LogP contribution in [0.2, 0.25) is 0 Å². The molecule has 0 aliphatic carbocycles. The van der Waals surface area contributed by atoms with E-state index in [9.17, 15) is 4.79 Å². The quantitative estimate of drug-likeness (QED) is 0.482. The summed E-state index contributed by atoms with van der Waals surface area (Å²) >= 11 is 0. The highest BCUT2D eigenvalue weighted by molar-refractivity contribution is 5.81. The van der Waals surface area contributed by atoms with Crippen molar-refractivity contribution in [1.82, 2.24) is 5.06 Å². The summed E-state index contributed by atoms with van der Waals surface area (Å²) in [5.41, 5.74) is 0.992. The van der Waals surface area contributed by atoms with Gasteiger partial charge in [0.15, 0.2) is 0 Å². The average Bonchev–Trinajstić information content (AvgIpc) is 2.42. The van der Waals surface area contributed by atoms with Gasteiger partial charge in [0.1, 0.15) is 0 Å². The van der Waals surface area contributed by atoms with Gasteiger partial charge in [-0.2, -0.15) is 0 Å². The van der Waals surface area contributed by atoms with Crippen LogP contribution in [0.15, 0.2) is 24.3 Å². The zero-order chi connectivity index (χ0) is 15.7. The lowest BCUT2D eigenvalue weighted by molar-refractivity contribution is -0.174. The highest BCUT2D eigenvalue weighted by atomic mass is 16.7. The molecule has 0 heterocycles. The Labute approximate surface area is 123 Å². The number of ether oxygens (including phenoxy) is 1. The number of amides is 1. The van der Waals surface area contributed by atoms with Gasteiger partial charge >= 0.3 is 0 Å². The van der Waals surface area contributed by atoms with E-state index in [2.05, 4.69) is 26.5 Å². The number of nitrogens with zero attached hydrogens (tertiary/aromatic N) is 1. The highest BCUT2D eigenvalue weighted by Crippen LogP contribution is 2.22. The van der Waals surface area contributed by atoms with Crippen molar-refractivity contribution < 1.29 is 14.4 Å². The van der Waals surface area contributed by atoms with Gasteiger partial charge in [-0.05, 0) is 25.7 Å². The molecular formula is C16H29NO3. The Morgan fingerprint density at radius 2 is 1.95 bits per heavy atom. The van der Waals surface area contributed by atoms with Crippen molar-refractivity contribution in [1.29, 1.82) is 0 Å². The van der Waals surface area contributed by atoms with E-state index in [1.807, 2.05) is 6.92 Å². The fourth-order valence-corrected chi connectivity index (χ4v) is 2.02. The monoisotopic (exact) mass is 283 g/mol. The molecule has 0 aromatic rings. The zero-order valence-electron chi connectivity index (χ0n) is 13.7. The predicted octanol–water partition coefficient (Wildman–Crippen LogP) is 3.21. The van der Waals surface area contributed by atoms with Crippen LogP contribution in [0.4, 0.5) is 0 Å². The Bertz CT molecular complexity index is 337. The Morgan fingerprint density at radius 1 is 1.35 bits per heavy atom. The molecule has 0 saturated carbocycles. The number of carbonyl (C=O) groups is 1. The Kier molecular flexibility index (Phi) is 9.17. The van der Waals surface area contributed by atoms with Crippen molar-refractivity contribution >= 4 is 5.91 Å². The van der Waals surface area contributed by atoms with Gasteiger partial charge in [0.25, 0.3) is 5.91 Å². The van der Waals surface area contributed by atoms with Crippen molar-refractivity contribution in [2.45, 2.75) is 39.7 Å². The number of methoxy groups -OCH3 is 1. The van der Waals surface area contributed by atoms with Crippen LogP contribution in [0.3, 0.4) is 0 Å². The second-order valence-corrected chi connectivity index (χ2v) is 5.35. The molecule has 0 rings (SSSR count). The first-order chi connectivity index (χ1) is 9.38. The molecule has 4 heteroatoms. The predicted molar refractivity (Wildman–Crippen MR) is 82.1 cm³/mol. The lowest BCUT2D eigenvalue weighted by atomic mass is 9.91. The standard InChI is InChI=1S/C16H29NO3/c1-8-14(19-6)15(16(18)17(5)20-7)13(4)11-9-10-12(2)3/h8,11-12,14-15H,1,9-10H2,2-7H3/b13-11+/t14-,15?/m1/s1. The van der Waals surface area contributed by atoms with E-state index in [-0.39, 0.29) is 12.0 Å². The number of rotatable bonds is 9. The van der Waals surface area contributed by atoms with Crippen LogP contribution in [-0.2, 0) is 14.4 Å². The van der Waals surface area contributed by atoms with Crippen molar-refractivity contribution in [3.05, 3.63) is 24.3 Å². The van der Waals surface area contributed by atoms with E-state index < -0.39 is 5.92 Å². The van der Waals surface area contributed by atoms with Crippen LogP contribution in [0.1, 0.15) is 33.6 Å². The summed E-state index contributed by atoms with van der Waals surface area (Å²) in [5.74, 6) is 0.125. The molecule has 2 atom stereocenters. The molecule has 0 N–H and O–H groups in total. The van der Waals surface area contributed by atoms with Crippen molar-refractivity contribution in [3.63, 3.8) is 0 Å². The second kappa shape index (κ2) is 9.72. The number of hydroxylamine groups is 2. The maximum Gasteiger partial charge on any atom is 0.255 e. The third-order valence-electron chi connectivity index (χ3n) is 3.38. The summed E-state index contributed by atoms with van der Waals surface area (Å²) in [6, 6.07) is 0. The fraction of sp³-hybridized carbons (Fsp3) is 0.688. The average molecular weight is 283 g/mol. The third kappa shape index (κ3) is 5.88. The minimum atomic E-state index is -0.394. The number of hydrogen-bond donors (Lipinski definition) is 0. The summed E-state index contributed by atoms with van der Waals surface area (Å²) < 4.78 is 5.36. The molecule has 1 unspecified atom stereocenters. The molecule has 1 amide bonds. The van der Waals surface area contributed by atoms with Gasteiger partial charge in [0.05, 0.1) is 19.1 Å². The SMILES string of the molecule is C=C[C@@H](OC)C(C(=O)N(C)OC)/C(C)=C/CCC(C)C. The highest BCUT2D eigenvalue weighted by Gasteiger charge is 2.30. The van der Waals surface area contributed by atoms with Gasteiger partial charge in [-0.15, -0.1) is 6.58 Å². The molecule has 0 aliphatic rings. The first kappa shape index (κ1) is 18.9. The summed E-state index contributed by atoms with van der Waals surface area (Å²) in [7, 11) is 4.66. The van der Waals surface area contributed by atoms with E-state index in [4.69, 9.17) is 9.57 Å². The first-order valence-electron chi connectivity index (χ1n) is 7.02. The van der Waals surface area contributed by atoms with Crippen molar-refractivity contribution in [3.8, 4) is 0 Å². The minimum absolute atomic E-state index is 0.127. The summed E-state index contributed by atoms with van der Waals surface area (Å²) in [6.45, 7) is 10.1. The maximum absolute atomic E-state index is 12.4. The smallest absolute Gasteiger partial charge is 0.255 e. The van der Waals surface area contributed by atoms with Crippen LogP contribution in [-0.4, -0.2) is 38.3 Å². The van der Waals surface area contributed by atoms with Crippen LogP contribution in [0, 0.1) is 11.8 Å². The molecule has 0 bridgehead atoms. The largest absolute Gasteiger partial charge is 0.376 e. The topological polar surface area (TPSA) is 38.8 Å². The Balaban J connectivity index is 5.10. The molecule has 0 saturated heterocycles. The Morgan fingerprint density at radius 3 is 2.35 bits per heavy atom. The van der Waals surface area contributed by atoms with E-state index in [1.165, 1.54) is 12.2 Å². The van der Waals surface area contributed by atoms with Gasteiger partial charge in [-0.25, -0.2) is 5.06 Å². The number of carbonyl (C=O) groups excluding carboxylic acids is 1. The van der Waals surface area contributed by atoms with Gasteiger partial charge in [0.2, 0.25) is 0 Å². The van der Waals surface area contributed by atoms with E-state index in [0.717, 1.165) is 18.4 Å². The first-order valence-corrected chi connectivity index (χ1v) is 7.02. The normalized spacial score (nSPS) is 15.1. The molecule has 0 aromatic heterocycles. The van der Waals surface area contributed by atoms with E-state index in [1.54, 1.807) is 20.2 Å². The summed E-state index contributed by atoms with van der Waals surface area (Å²) in [5, 5.41) is 1.24.